The first-order valence-corrected chi connectivity index (χ1v) is 30.4. The molecule has 0 radical (unpaired) electrons. The van der Waals surface area contributed by atoms with Crippen molar-refractivity contribution in [3.63, 3.8) is 0 Å². The Morgan fingerprint density at radius 2 is 0.949 bits per heavy atom. The van der Waals surface area contributed by atoms with Gasteiger partial charge in [0.2, 0.25) is 23.4 Å². The van der Waals surface area contributed by atoms with Gasteiger partial charge in [0.1, 0.15) is 18.1 Å². The molecule has 8 aliphatic rings. The number of halogens is 9. The second-order valence-electron chi connectivity index (χ2n) is 24.7. The second kappa shape index (κ2) is 28.1. The van der Waals surface area contributed by atoms with E-state index in [0.717, 1.165) is 23.6 Å². The maximum Gasteiger partial charge on any atom is 0.491 e. The van der Waals surface area contributed by atoms with Crippen LogP contribution in [0.25, 0.3) is 0 Å². The highest BCUT2D eigenvalue weighted by molar-refractivity contribution is 6.26. The molecule has 534 valence electrons. The van der Waals surface area contributed by atoms with Gasteiger partial charge < -0.3 is 55.6 Å². The number of fused-ring (bicyclic) bond motifs is 12. The van der Waals surface area contributed by atoms with Gasteiger partial charge in [0.25, 0.3) is 0 Å². The number of phenolic OH excluding ortho intramolecular Hbond substituents is 2. The molecule has 2 aliphatic carbocycles. The lowest BCUT2D eigenvalue weighted by Gasteiger charge is -2.60. The summed E-state index contributed by atoms with van der Waals surface area (Å²) in [6.07, 6.45) is -15.4. The summed E-state index contributed by atoms with van der Waals surface area (Å²) in [7, 11) is 9.28. The van der Waals surface area contributed by atoms with E-state index in [2.05, 4.69) is 32.4 Å². The molecule has 3 amide bonds. The van der Waals surface area contributed by atoms with Crippen LogP contribution < -0.4 is 31.2 Å². The fourth-order valence-electron chi connectivity index (χ4n) is 14.9. The van der Waals surface area contributed by atoms with Crippen molar-refractivity contribution in [2.24, 2.45) is 5.73 Å². The van der Waals surface area contributed by atoms with Gasteiger partial charge in [-0.15, -0.1) is 0 Å². The molecule has 6 heterocycles. The number of piperazine rings is 2. The Bertz CT molecular complexity index is 3970. The fraction of sp³-hybridized carbons (Fsp3) is 0.516. The molecule has 6 aliphatic heterocycles. The Morgan fingerprint density at radius 1 is 0.586 bits per heavy atom. The number of nitrogens with two attached hydrogens (primary N) is 1. The highest BCUT2D eigenvalue weighted by Gasteiger charge is 2.61. The molecule has 26 nitrogen and oxygen atoms in total. The summed E-state index contributed by atoms with van der Waals surface area (Å²) < 4.78 is 130. The van der Waals surface area contributed by atoms with Crippen LogP contribution in [0.1, 0.15) is 86.0 Å². The van der Waals surface area contributed by atoms with Crippen LogP contribution in [0.4, 0.5) is 39.5 Å². The van der Waals surface area contributed by atoms with Crippen LogP contribution >= 0.6 is 0 Å². The number of likely N-dealkylation sites (N-methyl/N-ethyl adjacent to an activating group) is 2. The van der Waals surface area contributed by atoms with Gasteiger partial charge in [-0.05, 0) is 104 Å². The van der Waals surface area contributed by atoms with Crippen LogP contribution in [0.15, 0.2) is 57.1 Å². The third-order valence-corrected chi connectivity index (χ3v) is 19.1. The zero-order valence-corrected chi connectivity index (χ0v) is 55.1. The number of alkyl halides is 9. The Balaban J connectivity index is 0.000000215. The number of phenols is 2. The number of aryl methyl sites for hydroxylation is 2. The Morgan fingerprint density at radius 3 is 1.26 bits per heavy atom. The number of nitrogens with one attached hydrogen (secondary N) is 3. The standard InChI is InChI=1S/C31H34F3N5O7.C29H35N5O6.C4F6O3/c1-12-7-15-8-17-19(10-35)39-18(23(38(17)4)21(15)25(41)27(12)45-5)9-16-22(26(42)28(46-6)13(2)24(16)40)20(39)11-36-29(43)14(3)37-30(44)31(32,33)34;1-12-7-15-8-17-19(10-30)34-18(23(33(17)4)21(15)25(36)27(12)39-5)9-16-22(20(34)11-32-29(38)14(3)31)26(37)28(40-6)13(2)24(16)35;5-3(6,7)1(11)13-2(12)4(8,9)10/h7,14,17-20,23,41H,8-9,11H2,1-6H3,(H,36,43)(H,37,44);7,14,17-20,23,36H,8-9,11,31H2,1-6H3,(H,32,38);/t2*14-,17-,18?,19-,20-,23-;/m00./s1. The lowest BCUT2D eigenvalue weighted by molar-refractivity contribution is -0.221. The number of methoxy groups -OCH3 is 4. The summed E-state index contributed by atoms with van der Waals surface area (Å²) in [6.45, 7) is 8.92. The van der Waals surface area contributed by atoms with Gasteiger partial charge in [0.05, 0.1) is 70.8 Å². The first-order chi connectivity index (χ1) is 46.1. The summed E-state index contributed by atoms with van der Waals surface area (Å²) >= 11 is 0. The van der Waals surface area contributed by atoms with Gasteiger partial charge in [0, 0.05) is 81.8 Å². The molecular formula is C64H69F9N10O16. The summed E-state index contributed by atoms with van der Waals surface area (Å²) in [6, 6.07) is 0.0765. The molecule has 0 saturated carbocycles. The van der Waals surface area contributed by atoms with Crippen LogP contribution in [-0.4, -0.2) is 217 Å². The number of allylic oxidation sites excluding steroid dienone is 4. The molecule has 2 aromatic carbocycles. The van der Waals surface area contributed by atoms with E-state index in [-0.39, 0.29) is 94.4 Å². The number of esters is 2. The van der Waals surface area contributed by atoms with Crippen molar-refractivity contribution in [1.29, 1.82) is 10.5 Å². The molecule has 10 rings (SSSR count). The number of carbonyl (C=O) groups is 9. The Labute approximate surface area is 559 Å². The molecule has 0 spiro atoms. The third-order valence-electron chi connectivity index (χ3n) is 19.1. The van der Waals surface area contributed by atoms with Crippen LogP contribution in [0.2, 0.25) is 0 Å². The zero-order chi connectivity index (χ0) is 74.1. The van der Waals surface area contributed by atoms with Gasteiger partial charge in [-0.1, -0.05) is 12.1 Å². The van der Waals surface area contributed by atoms with E-state index in [1.807, 2.05) is 43.0 Å². The molecule has 12 atom stereocenters. The zero-order valence-electron chi connectivity index (χ0n) is 55.1. The maximum atomic E-state index is 13.9. The molecule has 2 saturated heterocycles. The van der Waals surface area contributed by atoms with E-state index in [4.69, 9.17) is 24.7 Å². The Kier molecular flexibility index (Phi) is 21.4. The van der Waals surface area contributed by atoms with Gasteiger partial charge in [0.15, 0.2) is 46.1 Å². The molecule has 7 N–H and O–H groups in total. The first-order valence-electron chi connectivity index (χ1n) is 30.4. The third kappa shape index (κ3) is 13.4. The lowest BCUT2D eigenvalue weighted by Crippen LogP contribution is -2.71. The minimum atomic E-state index is -5.62. The average Bonchev–Trinajstić information content (AvgIpc) is 0.707. The van der Waals surface area contributed by atoms with Crippen molar-refractivity contribution in [3.8, 4) is 35.1 Å². The topological polar surface area (TPSA) is 363 Å². The number of hydrogen-bond acceptors (Lipinski definition) is 23. The van der Waals surface area contributed by atoms with E-state index in [1.165, 1.54) is 35.4 Å². The van der Waals surface area contributed by atoms with Crippen molar-refractivity contribution in [2.45, 2.75) is 158 Å². The SMILES string of the molecule is COC1=C(C)C(=O)C2=C(C1=O)[C@H](CNC(=O)[C@H](C)N)N1C(C2)[C@H]2c3c(cc(C)c(OC)c3O)C[C@@H]([C@@H]1C#N)N2C.COC1=C(C)C(=O)C2=C(C1=O)[C@H](CNC(=O)[C@H](C)NC(=O)C(F)(F)F)N1C(C2)[C@H]2c3c(cc(C)c(OC)c3O)C[C@@H]([C@@H]1C#N)N2C.O=C(OC(=O)C(F)(F)F)C(F)(F)F. The highest BCUT2D eigenvalue weighted by atomic mass is 19.4. The molecule has 2 unspecified atom stereocenters. The maximum absolute atomic E-state index is 13.9. The number of benzene rings is 2. The smallest absolute Gasteiger partial charge is 0.491 e. The molecule has 2 aromatic rings. The molecule has 99 heavy (non-hydrogen) atoms. The lowest BCUT2D eigenvalue weighted by atomic mass is 9.69. The van der Waals surface area contributed by atoms with Gasteiger partial charge in [-0.3, -0.25) is 53.2 Å². The van der Waals surface area contributed by atoms with E-state index >= 15 is 0 Å². The number of Topliss-reactive ketones (excluding diaryl/α,β-unsaturated/α-hetero) is 4. The van der Waals surface area contributed by atoms with Crippen LogP contribution in [-0.2, 0) is 70.2 Å². The van der Waals surface area contributed by atoms with E-state index in [1.54, 1.807) is 31.0 Å². The van der Waals surface area contributed by atoms with Crippen LogP contribution in [0.5, 0.6) is 23.0 Å². The quantitative estimate of drug-likeness (QED) is 0.0811. The second-order valence-corrected chi connectivity index (χ2v) is 24.7. The fourth-order valence-corrected chi connectivity index (χ4v) is 14.9. The summed E-state index contributed by atoms with van der Waals surface area (Å²) in [5, 5.41) is 51.0. The summed E-state index contributed by atoms with van der Waals surface area (Å²) in [4.78, 5) is 119. The molecule has 35 heteroatoms. The van der Waals surface area contributed by atoms with Crippen molar-refractivity contribution < 1.29 is 117 Å². The molecule has 0 aromatic heterocycles. The van der Waals surface area contributed by atoms with Gasteiger partial charge in [-0.2, -0.15) is 50.0 Å². The number of aromatic hydroxyl groups is 2. The largest absolute Gasteiger partial charge is 0.504 e. The van der Waals surface area contributed by atoms with Crippen LogP contribution in [0.3, 0.4) is 0 Å². The predicted octanol–water partition coefficient (Wildman–Crippen LogP) is 3.48. The highest BCUT2D eigenvalue weighted by Crippen LogP contribution is 2.56. The van der Waals surface area contributed by atoms with Crippen molar-refractivity contribution >= 4 is 52.8 Å². The number of ether oxygens (including phenoxy) is 5. The van der Waals surface area contributed by atoms with Crippen molar-refractivity contribution in [2.75, 3.05) is 55.6 Å². The van der Waals surface area contributed by atoms with Gasteiger partial charge >= 0.3 is 36.4 Å². The van der Waals surface area contributed by atoms with Crippen molar-refractivity contribution in [1.82, 2.24) is 35.6 Å². The Hall–Kier alpha value is -9.42. The number of amides is 3. The number of ketones is 4. The number of nitrogens with zero attached hydrogens (tertiary/aromatic N) is 6. The monoisotopic (exact) mass is 1400 g/mol. The molecule has 2 fully saturated rings. The number of rotatable bonds is 11. The van der Waals surface area contributed by atoms with E-state index in [0.29, 0.717) is 40.9 Å². The summed E-state index contributed by atoms with van der Waals surface area (Å²) in [5.41, 5.74) is 11.4. The van der Waals surface area contributed by atoms with Crippen LogP contribution in [0, 0.1) is 36.5 Å². The number of carbonyl (C=O) groups excluding carboxylic acids is 9. The number of hydrogen-bond donors (Lipinski definition) is 6. The van der Waals surface area contributed by atoms with E-state index < -0.39 is 132 Å². The van der Waals surface area contributed by atoms with Gasteiger partial charge in [-0.25, -0.2) is 9.59 Å². The first kappa shape index (κ1) is 75.4. The average molecular weight is 1410 g/mol. The molecule has 4 bridgehead atoms. The molecular weight excluding hydrogens is 1340 g/mol. The summed E-state index contributed by atoms with van der Waals surface area (Å²) in [5.74, 6) is -11.5. The predicted molar refractivity (Wildman–Crippen MR) is 322 cm³/mol. The minimum absolute atomic E-state index is 0.0183. The van der Waals surface area contributed by atoms with Crippen molar-refractivity contribution in [3.05, 3.63) is 90.5 Å². The van der Waals surface area contributed by atoms with E-state index in [9.17, 15) is 103 Å². The minimum Gasteiger partial charge on any atom is -0.504 e. The number of nitriles is 2. The normalized spacial score (nSPS) is 25.7.